The highest BCUT2D eigenvalue weighted by Gasteiger charge is 2.09. The van der Waals surface area contributed by atoms with Crippen molar-refractivity contribution in [2.75, 3.05) is 0 Å². The minimum Gasteiger partial charge on any atom is -0.392 e. The van der Waals surface area contributed by atoms with Gasteiger partial charge in [-0.15, -0.1) is 11.3 Å². The Morgan fingerprint density at radius 3 is 2.94 bits per heavy atom. The number of aromatic nitrogens is 1. The van der Waals surface area contributed by atoms with E-state index in [1.807, 2.05) is 24.4 Å². The molecule has 0 aliphatic heterocycles. The second kappa shape index (κ2) is 5.19. The van der Waals surface area contributed by atoms with Gasteiger partial charge in [-0.1, -0.05) is 29.4 Å². The molecule has 5 heteroatoms. The lowest BCUT2D eigenvalue weighted by Gasteiger charge is -2.06. The van der Waals surface area contributed by atoms with E-state index in [0.717, 1.165) is 20.5 Å². The number of benzene rings is 1. The molecular formula is C11H10ClNOS2. The minimum atomic E-state index is -0.0492. The highest BCUT2D eigenvalue weighted by Crippen LogP contribution is 2.35. The van der Waals surface area contributed by atoms with Crippen molar-refractivity contribution in [3.63, 3.8) is 0 Å². The van der Waals surface area contributed by atoms with Crippen molar-refractivity contribution < 1.29 is 5.11 Å². The molecule has 0 atom stereocenters. The first-order valence-corrected chi connectivity index (χ1v) is 6.76. The maximum absolute atomic E-state index is 9.27. The molecule has 0 aliphatic carbocycles. The number of rotatable bonds is 3. The molecule has 1 aromatic carbocycles. The molecule has 0 radical (unpaired) electrons. The zero-order valence-corrected chi connectivity index (χ0v) is 11.0. The summed E-state index contributed by atoms with van der Waals surface area (Å²) in [5.41, 5.74) is 1.78. The maximum Gasteiger partial charge on any atom is 0.154 e. The summed E-state index contributed by atoms with van der Waals surface area (Å²) in [5.74, 6) is 0. The summed E-state index contributed by atoms with van der Waals surface area (Å²) in [6, 6.07) is 5.60. The van der Waals surface area contributed by atoms with Crippen molar-refractivity contribution in [1.82, 2.24) is 4.98 Å². The number of hydrogen-bond donors (Lipinski definition) is 1. The minimum absolute atomic E-state index is 0.0492. The van der Waals surface area contributed by atoms with Crippen LogP contribution in [0, 0.1) is 6.92 Å². The lowest BCUT2D eigenvalue weighted by atomic mass is 10.2. The molecule has 2 rings (SSSR count). The van der Waals surface area contributed by atoms with Crippen molar-refractivity contribution in [2.45, 2.75) is 22.8 Å². The van der Waals surface area contributed by atoms with Crippen LogP contribution in [0.15, 0.2) is 32.8 Å². The lowest BCUT2D eigenvalue weighted by molar-refractivity contribution is 0.279. The van der Waals surface area contributed by atoms with Crippen LogP contribution in [0.4, 0.5) is 0 Å². The van der Waals surface area contributed by atoms with E-state index in [9.17, 15) is 5.11 Å². The summed E-state index contributed by atoms with van der Waals surface area (Å²) in [7, 11) is 0. The van der Waals surface area contributed by atoms with E-state index in [-0.39, 0.29) is 6.61 Å². The van der Waals surface area contributed by atoms with Crippen molar-refractivity contribution in [3.8, 4) is 0 Å². The van der Waals surface area contributed by atoms with Crippen molar-refractivity contribution in [1.29, 1.82) is 0 Å². The quantitative estimate of drug-likeness (QED) is 0.923. The van der Waals surface area contributed by atoms with Gasteiger partial charge in [0.2, 0.25) is 0 Å². The van der Waals surface area contributed by atoms with Gasteiger partial charge in [0.15, 0.2) is 4.34 Å². The van der Waals surface area contributed by atoms with Crippen LogP contribution in [0.2, 0.25) is 5.02 Å². The number of halogens is 1. The molecule has 0 unspecified atom stereocenters. The Bertz CT molecular complexity index is 498. The Morgan fingerprint density at radius 2 is 2.31 bits per heavy atom. The molecule has 0 saturated heterocycles. The van der Waals surface area contributed by atoms with Gasteiger partial charge in [-0.25, -0.2) is 4.98 Å². The highest BCUT2D eigenvalue weighted by atomic mass is 35.5. The molecule has 1 aromatic heterocycles. The number of aliphatic hydroxyl groups excluding tert-OH is 1. The fourth-order valence-corrected chi connectivity index (χ4v) is 3.50. The molecule has 0 saturated carbocycles. The summed E-state index contributed by atoms with van der Waals surface area (Å²) >= 11 is 9.14. The first-order valence-electron chi connectivity index (χ1n) is 4.69. The van der Waals surface area contributed by atoms with Gasteiger partial charge in [0.05, 0.1) is 6.61 Å². The van der Waals surface area contributed by atoms with Crippen LogP contribution < -0.4 is 0 Å². The largest absolute Gasteiger partial charge is 0.392 e. The standard InChI is InChI=1S/C11H10ClNOS2/c1-7-6-15-11(13-7)16-10-4-2-3-9(12)8(10)5-14/h2-4,6,14H,5H2,1H3. The van der Waals surface area contributed by atoms with Crippen LogP contribution in [0.3, 0.4) is 0 Å². The van der Waals surface area contributed by atoms with Crippen molar-refractivity contribution >= 4 is 34.7 Å². The maximum atomic E-state index is 9.27. The van der Waals surface area contributed by atoms with E-state index < -0.39 is 0 Å². The van der Waals surface area contributed by atoms with Gasteiger partial charge in [0, 0.05) is 26.6 Å². The van der Waals surface area contributed by atoms with E-state index >= 15 is 0 Å². The van der Waals surface area contributed by atoms with Crippen molar-refractivity contribution in [2.24, 2.45) is 0 Å². The number of aliphatic hydroxyl groups is 1. The first-order chi connectivity index (χ1) is 7.70. The average Bonchev–Trinajstić information content (AvgIpc) is 2.64. The Balaban J connectivity index is 2.30. The zero-order chi connectivity index (χ0) is 11.5. The molecule has 1 heterocycles. The van der Waals surface area contributed by atoms with Gasteiger partial charge < -0.3 is 5.11 Å². The predicted molar refractivity (Wildman–Crippen MR) is 68.3 cm³/mol. The van der Waals surface area contributed by atoms with Crippen LogP contribution in [0.5, 0.6) is 0 Å². The van der Waals surface area contributed by atoms with Crippen LogP contribution in [0.25, 0.3) is 0 Å². The topological polar surface area (TPSA) is 33.1 Å². The normalized spacial score (nSPS) is 10.7. The molecule has 0 spiro atoms. The Labute approximate surface area is 107 Å². The summed E-state index contributed by atoms with van der Waals surface area (Å²) in [4.78, 5) is 5.33. The number of nitrogens with zero attached hydrogens (tertiary/aromatic N) is 1. The molecule has 0 fully saturated rings. The first kappa shape index (κ1) is 11.9. The molecule has 0 aliphatic rings. The van der Waals surface area contributed by atoms with Gasteiger partial charge in [0.1, 0.15) is 0 Å². The molecular weight excluding hydrogens is 262 g/mol. The van der Waals surface area contributed by atoms with Crippen LogP contribution in [-0.4, -0.2) is 10.1 Å². The fourth-order valence-electron chi connectivity index (χ4n) is 1.26. The highest BCUT2D eigenvalue weighted by molar-refractivity contribution is 8.01. The third-order valence-corrected chi connectivity index (χ3v) is 4.54. The molecule has 2 nitrogen and oxygen atoms in total. The molecule has 2 aromatic rings. The molecule has 84 valence electrons. The van der Waals surface area contributed by atoms with Gasteiger partial charge in [0.25, 0.3) is 0 Å². The second-order valence-electron chi connectivity index (χ2n) is 3.23. The van der Waals surface area contributed by atoms with E-state index in [0.29, 0.717) is 5.02 Å². The third kappa shape index (κ3) is 2.58. The van der Waals surface area contributed by atoms with Crippen molar-refractivity contribution in [3.05, 3.63) is 39.9 Å². The van der Waals surface area contributed by atoms with Gasteiger partial charge in [-0.2, -0.15) is 0 Å². The van der Waals surface area contributed by atoms with Crippen LogP contribution in [-0.2, 0) is 6.61 Å². The summed E-state index contributed by atoms with van der Waals surface area (Å²) in [6.07, 6.45) is 0. The summed E-state index contributed by atoms with van der Waals surface area (Å²) < 4.78 is 0.967. The Hall–Kier alpha value is -0.550. The average molecular weight is 272 g/mol. The number of thiazole rings is 1. The molecule has 0 bridgehead atoms. The SMILES string of the molecule is Cc1csc(Sc2cccc(Cl)c2CO)n1. The monoisotopic (exact) mass is 271 g/mol. The van der Waals surface area contributed by atoms with E-state index in [2.05, 4.69) is 4.98 Å². The lowest BCUT2D eigenvalue weighted by Crippen LogP contribution is -1.88. The summed E-state index contributed by atoms with van der Waals surface area (Å²) in [6.45, 7) is 1.91. The van der Waals surface area contributed by atoms with Gasteiger partial charge in [-0.3, -0.25) is 0 Å². The Morgan fingerprint density at radius 1 is 1.50 bits per heavy atom. The number of aryl methyl sites for hydroxylation is 1. The summed E-state index contributed by atoms with van der Waals surface area (Å²) in [5, 5.41) is 11.9. The number of hydrogen-bond acceptors (Lipinski definition) is 4. The van der Waals surface area contributed by atoms with Gasteiger partial charge in [-0.05, 0) is 19.1 Å². The van der Waals surface area contributed by atoms with Crippen LogP contribution in [0.1, 0.15) is 11.3 Å². The molecule has 16 heavy (non-hydrogen) atoms. The predicted octanol–water partition coefficient (Wildman–Crippen LogP) is 3.75. The van der Waals surface area contributed by atoms with Gasteiger partial charge >= 0.3 is 0 Å². The van der Waals surface area contributed by atoms with E-state index in [1.54, 1.807) is 17.4 Å². The van der Waals surface area contributed by atoms with Crippen LogP contribution >= 0.6 is 34.7 Å². The third-order valence-electron chi connectivity index (χ3n) is 2.03. The molecule has 1 N–H and O–H groups in total. The Kier molecular flexibility index (Phi) is 3.86. The second-order valence-corrected chi connectivity index (χ2v) is 5.79. The molecule has 0 amide bonds. The van der Waals surface area contributed by atoms with E-state index in [1.165, 1.54) is 11.8 Å². The fraction of sp³-hybridized carbons (Fsp3) is 0.182. The smallest absolute Gasteiger partial charge is 0.154 e. The van der Waals surface area contributed by atoms with E-state index in [4.69, 9.17) is 11.6 Å². The zero-order valence-electron chi connectivity index (χ0n) is 8.61.